The van der Waals surface area contributed by atoms with Crippen molar-refractivity contribution in [2.75, 3.05) is 5.73 Å². The summed E-state index contributed by atoms with van der Waals surface area (Å²) in [5, 5.41) is 3.85. The molecule has 90 valence electrons. The summed E-state index contributed by atoms with van der Waals surface area (Å²) >= 11 is 0. The fraction of sp³-hybridized carbons (Fsp3) is 0.333. The van der Waals surface area contributed by atoms with Gasteiger partial charge in [0.25, 0.3) is 5.89 Å². The van der Waals surface area contributed by atoms with Gasteiger partial charge < -0.3 is 15.0 Å². The first kappa shape index (κ1) is 11.4. The molecule has 0 aliphatic rings. The molecule has 0 spiro atoms. The summed E-state index contributed by atoms with van der Waals surface area (Å²) in [6, 6.07) is 7.21. The zero-order valence-electron chi connectivity index (χ0n) is 9.88. The molecule has 0 aliphatic heterocycles. The summed E-state index contributed by atoms with van der Waals surface area (Å²) in [5.74, 6) is 2.10. The molecule has 1 aromatic heterocycles. The second kappa shape index (κ2) is 4.86. The Labute approximate surface area is 99.6 Å². The van der Waals surface area contributed by atoms with Crippen molar-refractivity contribution in [1.82, 2.24) is 10.1 Å². The van der Waals surface area contributed by atoms with Crippen LogP contribution in [-0.4, -0.2) is 10.1 Å². The Balaban J connectivity index is 1.97. The molecule has 0 radical (unpaired) electrons. The van der Waals surface area contributed by atoms with Crippen molar-refractivity contribution in [3.8, 4) is 5.75 Å². The van der Waals surface area contributed by atoms with Gasteiger partial charge in [-0.15, -0.1) is 0 Å². The predicted octanol–water partition coefficient (Wildman–Crippen LogP) is 2.35. The minimum atomic E-state index is 0.250. The van der Waals surface area contributed by atoms with E-state index < -0.39 is 0 Å². The minimum Gasteiger partial charge on any atom is -0.484 e. The minimum absolute atomic E-state index is 0.250. The fourth-order valence-electron chi connectivity index (χ4n) is 1.31. The Morgan fingerprint density at radius 3 is 2.88 bits per heavy atom. The van der Waals surface area contributed by atoms with Gasteiger partial charge in [-0.3, -0.25) is 0 Å². The van der Waals surface area contributed by atoms with Crippen molar-refractivity contribution < 1.29 is 9.26 Å². The highest BCUT2D eigenvalue weighted by atomic mass is 16.5. The maximum atomic E-state index is 5.64. The monoisotopic (exact) mass is 233 g/mol. The lowest BCUT2D eigenvalue weighted by atomic mass is 10.2. The number of nitrogens with zero attached hydrogens (tertiary/aromatic N) is 2. The van der Waals surface area contributed by atoms with E-state index in [4.69, 9.17) is 15.0 Å². The lowest BCUT2D eigenvalue weighted by molar-refractivity contribution is 0.242. The normalized spacial score (nSPS) is 10.8. The maximum absolute atomic E-state index is 5.64. The highest BCUT2D eigenvalue weighted by Crippen LogP contribution is 2.16. The van der Waals surface area contributed by atoms with Gasteiger partial charge in [0.05, 0.1) is 0 Å². The van der Waals surface area contributed by atoms with E-state index in [1.165, 1.54) is 0 Å². The highest BCUT2D eigenvalue weighted by molar-refractivity contribution is 5.43. The Morgan fingerprint density at radius 2 is 2.24 bits per heavy atom. The molecule has 0 unspecified atom stereocenters. The number of hydrogen-bond acceptors (Lipinski definition) is 5. The molecule has 2 rings (SSSR count). The molecule has 0 saturated carbocycles. The molecule has 1 heterocycles. The smallest absolute Gasteiger partial charge is 0.264 e. The number of hydrogen-bond donors (Lipinski definition) is 1. The first-order valence-electron chi connectivity index (χ1n) is 5.46. The third kappa shape index (κ3) is 2.96. The summed E-state index contributed by atoms with van der Waals surface area (Å²) in [6.07, 6.45) is 0. The second-order valence-corrected chi connectivity index (χ2v) is 4.06. The van der Waals surface area contributed by atoms with Crippen LogP contribution in [-0.2, 0) is 6.61 Å². The molecule has 2 aromatic rings. The van der Waals surface area contributed by atoms with Crippen molar-refractivity contribution >= 4 is 5.69 Å². The number of benzene rings is 1. The van der Waals surface area contributed by atoms with E-state index in [1.807, 2.05) is 26.0 Å². The van der Waals surface area contributed by atoms with Crippen LogP contribution in [0.1, 0.15) is 31.5 Å². The summed E-state index contributed by atoms with van der Waals surface area (Å²) in [4.78, 5) is 4.21. The van der Waals surface area contributed by atoms with Crippen LogP contribution in [0.4, 0.5) is 5.69 Å². The van der Waals surface area contributed by atoms with Gasteiger partial charge >= 0.3 is 0 Å². The lowest BCUT2D eigenvalue weighted by Gasteiger charge is -2.03. The number of nitrogen functional groups attached to an aromatic ring is 1. The van der Waals surface area contributed by atoms with Crippen molar-refractivity contribution in [3.63, 3.8) is 0 Å². The molecule has 0 bridgehead atoms. The number of ether oxygens (including phenoxy) is 1. The summed E-state index contributed by atoms with van der Waals surface area (Å²) < 4.78 is 10.6. The van der Waals surface area contributed by atoms with Gasteiger partial charge in [0.1, 0.15) is 5.75 Å². The predicted molar refractivity (Wildman–Crippen MR) is 63.6 cm³/mol. The van der Waals surface area contributed by atoms with Crippen LogP contribution in [0, 0.1) is 0 Å². The third-order valence-electron chi connectivity index (χ3n) is 2.22. The van der Waals surface area contributed by atoms with Gasteiger partial charge in [-0.05, 0) is 12.1 Å². The Hall–Kier alpha value is -2.04. The number of rotatable bonds is 4. The SMILES string of the molecule is CC(C)c1noc(COc2cccc(N)c2)n1. The van der Waals surface area contributed by atoms with E-state index in [9.17, 15) is 0 Å². The molecular formula is C12H15N3O2. The molecule has 0 aliphatic carbocycles. The van der Waals surface area contributed by atoms with E-state index in [-0.39, 0.29) is 12.5 Å². The van der Waals surface area contributed by atoms with Crippen molar-refractivity contribution in [2.24, 2.45) is 0 Å². The van der Waals surface area contributed by atoms with E-state index >= 15 is 0 Å². The second-order valence-electron chi connectivity index (χ2n) is 4.06. The van der Waals surface area contributed by atoms with Crippen LogP contribution < -0.4 is 10.5 Å². The quantitative estimate of drug-likeness (QED) is 0.820. The Morgan fingerprint density at radius 1 is 1.41 bits per heavy atom. The summed E-state index contributed by atoms with van der Waals surface area (Å²) in [5.41, 5.74) is 6.30. The van der Waals surface area contributed by atoms with Crippen molar-refractivity contribution in [2.45, 2.75) is 26.4 Å². The van der Waals surface area contributed by atoms with Crippen LogP contribution in [0.5, 0.6) is 5.75 Å². The van der Waals surface area contributed by atoms with E-state index in [2.05, 4.69) is 10.1 Å². The molecule has 5 heteroatoms. The molecule has 0 atom stereocenters. The highest BCUT2D eigenvalue weighted by Gasteiger charge is 2.09. The van der Waals surface area contributed by atoms with Gasteiger partial charge in [-0.2, -0.15) is 4.98 Å². The first-order chi connectivity index (χ1) is 8.15. The Bertz CT molecular complexity index is 494. The van der Waals surface area contributed by atoms with Crippen LogP contribution in [0.2, 0.25) is 0 Å². The number of aromatic nitrogens is 2. The molecule has 5 nitrogen and oxygen atoms in total. The van der Waals surface area contributed by atoms with Crippen LogP contribution in [0.15, 0.2) is 28.8 Å². The van der Waals surface area contributed by atoms with E-state index in [0.717, 1.165) is 0 Å². The molecule has 0 saturated heterocycles. The van der Waals surface area contributed by atoms with Gasteiger partial charge in [0.2, 0.25) is 0 Å². The average molecular weight is 233 g/mol. The van der Waals surface area contributed by atoms with Gasteiger partial charge in [0, 0.05) is 17.7 Å². The zero-order chi connectivity index (χ0) is 12.3. The van der Waals surface area contributed by atoms with Gasteiger partial charge in [0.15, 0.2) is 12.4 Å². The van der Waals surface area contributed by atoms with E-state index in [1.54, 1.807) is 12.1 Å². The number of anilines is 1. The largest absolute Gasteiger partial charge is 0.484 e. The lowest BCUT2D eigenvalue weighted by Crippen LogP contribution is -1.97. The molecule has 0 fully saturated rings. The summed E-state index contributed by atoms with van der Waals surface area (Å²) in [7, 11) is 0. The Kier molecular flexibility index (Phi) is 3.27. The van der Waals surface area contributed by atoms with Gasteiger partial charge in [-0.25, -0.2) is 0 Å². The fourth-order valence-corrected chi connectivity index (χ4v) is 1.31. The number of nitrogens with two attached hydrogens (primary N) is 1. The first-order valence-corrected chi connectivity index (χ1v) is 5.46. The summed E-state index contributed by atoms with van der Waals surface area (Å²) in [6.45, 7) is 4.27. The topological polar surface area (TPSA) is 74.2 Å². The molecule has 2 N–H and O–H groups in total. The molecule has 0 amide bonds. The standard InChI is InChI=1S/C12H15N3O2/c1-8(2)12-14-11(17-15-12)7-16-10-5-3-4-9(13)6-10/h3-6,8H,7,13H2,1-2H3. The van der Waals surface area contributed by atoms with Crippen molar-refractivity contribution in [1.29, 1.82) is 0 Å². The zero-order valence-corrected chi connectivity index (χ0v) is 9.88. The molecule has 1 aromatic carbocycles. The van der Waals surface area contributed by atoms with Crippen LogP contribution in [0.3, 0.4) is 0 Å². The maximum Gasteiger partial charge on any atom is 0.264 e. The molecular weight excluding hydrogens is 218 g/mol. The van der Waals surface area contributed by atoms with Crippen molar-refractivity contribution in [3.05, 3.63) is 36.0 Å². The molecule has 17 heavy (non-hydrogen) atoms. The third-order valence-corrected chi connectivity index (χ3v) is 2.22. The van der Waals surface area contributed by atoms with Crippen LogP contribution in [0.25, 0.3) is 0 Å². The van der Waals surface area contributed by atoms with Crippen LogP contribution >= 0.6 is 0 Å². The van der Waals surface area contributed by atoms with Gasteiger partial charge in [-0.1, -0.05) is 25.1 Å². The van der Waals surface area contributed by atoms with E-state index in [0.29, 0.717) is 23.2 Å². The average Bonchev–Trinajstić information content (AvgIpc) is 2.75.